The smallest absolute Gasteiger partial charge is 0.231 e. The molecule has 3 heteroatoms. The molecular weight excluding hydrogens is 278 g/mol. The largest absolute Gasteiger partial charge is 0.279 e. The van der Waals surface area contributed by atoms with Crippen LogP contribution >= 0.6 is 11.8 Å². The summed E-state index contributed by atoms with van der Waals surface area (Å²) in [7, 11) is 0. The highest BCUT2D eigenvalue weighted by Gasteiger charge is 2.27. The summed E-state index contributed by atoms with van der Waals surface area (Å²) in [6, 6.07) is 16.3. The summed E-state index contributed by atoms with van der Waals surface area (Å²) >= 11 is 1.74. The average molecular weight is 297 g/mol. The van der Waals surface area contributed by atoms with Gasteiger partial charge < -0.3 is 0 Å². The first-order valence-electron chi connectivity index (χ1n) is 7.50. The van der Waals surface area contributed by atoms with Crippen molar-refractivity contribution < 1.29 is 4.79 Å². The van der Waals surface area contributed by atoms with E-state index in [2.05, 4.69) is 19.1 Å². The molecule has 0 saturated heterocycles. The fourth-order valence-electron chi connectivity index (χ4n) is 2.61. The number of carbonyl (C=O) groups excluding carboxylic acids is 1. The van der Waals surface area contributed by atoms with Crippen molar-refractivity contribution in [1.82, 2.24) is 0 Å². The lowest BCUT2D eigenvalue weighted by molar-refractivity contribution is -0.118. The van der Waals surface area contributed by atoms with E-state index in [0.717, 1.165) is 40.4 Å². The maximum atomic E-state index is 12.7. The zero-order chi connectivity index (χ0) is 14.7. The molecule has 0 fully saturated rings. The molecule has 0 atom stereocenters. The van der Waals surface area contributed by atoms with Gasteiger partial charge in [-0.1, -0.05) is 55.8 Å². The molecule has 0 bridgehead atoms. The van der Waals surface area contributed by atoms with Crippen LogP contribution in [-0.4, -0.2) is 5.91 Å². The number of rotatable bonds is 4. The van der Waals surface area contributed by atoms with Crippen LogP contribution in [0.3, 0.4) is 0 Å². The van der Waals surface area contributed by atoms with Gasteiger partial charge in [-0.25, -0.2) is 0 Å². The second kappa shape index (κ2) is 6.35. The Morgan fingerprint density at radius 1 is 0.952 bits per heavy atom. The number of hydrogen-bond donors (Lipinski definition) is 0. The molecule has 0 unspecified atom stereocenters. The normalized spacial score (nSPS) is 12.7. The lowest BCUT2D eigenvalue weighted by Crippen LogP contribution is -2.28. The van der Waals surface area contributed by atoms with Gasteiger partial charge in [-0.3, -0.25) is 9.69 Å². The first kappa shape index (κ1) is 14.2. The molecule has 0 saturated carbocycles. The first-order chi connectivity index (χ1) is 10.3. The monoisotopic (exact) mass is 297 g/mol. The van der Waals surface area contributed by atoms with Crippen molar-refractivity contribution in [3.63, 3.8) is 0 Å². The van der Waals surface area contributed by atoms with E-state index in [4.69, 9.17) is 0 Å². The van der Waals surface area contributed by atoms with Gasteiger partial charge in [-0.05, 0) is 30.7 Å². The maximum absolute atomic E-state index is 12.7. The minimum atomic E-state index is 0.198. The van der Waals surface area contributed by atoms with Crippen LogP contribution in [0.1, 0.15) is 32.6 Å². The molecule has 0 radical (unpaired) electrons. The average Bonchev–Trinajstić information content (AvgIpc) is 2.52. The van der Waals surface area contributed by atoms with Crippen LogP contribution < -0.4 is 4.90 Å². The van der Waals surface area contributed by atoms with E-state index < -0.39 is 0 Å². The van der Waals surface area contributed by atoms with Gasteiger partial charge >= 0.3 is 0 Å². The molecule has 1 aliphatic heterocycles. The predicted octanol–water partition coefficient (Wildman–Crippen LogP) is 5.40. The van der Waals surface area contributed by atoms with Crippen molar-refractivity contribution in [2.24, 2.45) is 0 Å². The topological polar surface area (TPSA) is 20.3 Å². The number of benzene rings is 2. The SMILES string of the molecule is CCCCCC(=O)N1c2ccccc2Sc2ccccc21. The van der Waals surface area contributed by atoms with Gasteiger partial charge in [0, 0.05) is 16.2 Å². The van der Waals surface area contributed by atoms with E-state index in [1.165, 1.54) is 0 Å². The van der Waals surface area contributed by atoms with Gasteiger partial charge in [0.1, 0.15) is 0 Å². The molecule has 21 heavy (non-hydrogen) atoms. The molecule has 2 aromatic rings. The van der Waals surface area contributed by atoms with Gasteiger partial charge in [0.2, 0.25) is 5.91 Å². The number of unbranched alkanes of at least 4 members (excludes halogenated alkanes) is 2. The molecule has 0 aliphatic carbocycles. The summed E-state index contributed by atoms with van der Waals surface area (Å²) in [6.45, 7) is 2.16. The zero-order valence-electron chi connectivity index (χ0n) is 12.2. The van der Waals surface area contributed by atoms with E-state index in [-0.39, 0.29) is 5.91 Å². The van der Waals surface area contributed by atoms with Crippen molar-refractivity contribution >= 4 is 29.0 Å². The Balaban J connectivity index is 1.96. The van der Waals surface area contributed by atoms with E-state index in [1.807, 2.05) is 41.3 Å². The van der Waals surface area contributed by atoms with Gasteiger partial charge in [0.05, 0.1) is 11.4 Å². The lowest BCUT2D eigenvalue weighted by atomic mass is 10.1. The molecule has 1 heterocycles. The van der Waals surface area contributed by atoms with Crippen LogP contribution in [-0.2, 0) is 4.79 Å². The van der Waals surface area contributed by atoms with E-state index in [1.54, 1.807) is 11.8 Å². The standard InChI is InChI=1S/C18H19NOS/c1-2-3-4-13-18(20)19-14-9-5-7-11-16(14)21-17-12-8-6-10-15(17)19/h5-12H,2-4,13H2,1H3. The Morgan fingerprint density at radius 3 is 2.10 bits per heavy atom. The molecule has 1 amide bonds. The summed E-state index contributed by atoms with van der Waals surface area (Å²) in [6.07, 6.45) is 3.82. The Hall–Kier alpha value is -1.74. The van der Waals surface area contributed by atoms with Gasteiger partial charge in [-0.2, -0.15) is 0 Å². The third-order valence-electron chi connectivity index (χ3n) is 3.68. The number of fused-ring (bicyclic) bond motifs is 2. The highest BCUT2D eigenvalue weighted by Crippen LogP contribution is 2.48. The Morgan fingerprint density at radius 2 is 1.52 bits per heavy atom. The van der Waals surface area contributed by atoms with Crippen LogP contribution in [0, 0.1) is 0 Å². The molecule has 2 nitrogen and oxygen atoms in total. The number of nitrogens with zero attached hydrogens (tertiary/aromatic N) is 1. The molecule has 108 valence electrons. The molecule has 0 N–H and O–H groups in total. The van der Waals surface area contributed by atoms with Gasteiger partial charge in [0.25, 0.3) is 0 Å². The number of anilines is 2. The van der Waals surface area contributed by atoms with Crippen molar-refractivity contribution in [1.29, 1.82) is 0 Å². The molecule has 0 spiro atoms. The number of para-hydroxylation sites is 2. The van der Waals surface area contributed by atoms with Crippen molar-refractivity contribution in [2.45, 2.75) is 42.4 Å². The fraction of sp³-hybridized carbons (Fsp3) is 0.278. The summed E-state index contributed by atoms with van der Waals surface area (Å²) in [5, 5.41) is 0. The second-order valence-corrected chi connectivity index (χ2v) is 6.31. The predicted molar refractivity (Wildman–Crippen MR) is 88.3 cm³/mol. The zero-order valence-corrected chi connectivity index (χ0v) is 13.0. The van der Waals surface area contributed by atoms with Crippen LogP contribution in [0.2, 0.25) is 0 Å². The molecule has 0 aromatic heterocycles. The maximum Gasteiger partial charge on any atom is 0.231 e. The van der Waals surface area contributed by atoms with E-state index in [0.29, 0.717) is 6.42 Å². The number of hydrogen-bond acceptors (Lipinski definition) is 2. The van der Waals surface area contributed by atoms with Crippen LogP contribution in [0.15, 0.2) is 58.3 Å². The quantitative estimate of drug-likeness (QED) is 0.705. The summed E-state index contributed by atoms with van der Waals surface area (Å²) in [5.41, 5.74) is 2.03. The lowest BCUT2D eigenvalue weighted by Gasteiger charge is -2.31. The molecule has 1 aliphatic rings. The minimum absolute atomic E-state index is 0.198. The van der Waals surface area contributed by atoms with Crippen molar-refractivity contribution in [3.8, 4) is 0 Å². The van der Waals surface area contributed by atoms with E-state index >= 15 is 0 Å². The van der Waals surface area contributed by atoms with Crippen LogP contribution in [0.4, 0.5) is 11.4 Å². The number of carbonyl (C=O) groups is 1. The molecule has 3 rings (SSSR count). The third kappa shape index (κ3) is 2.84. The summed E-state index contributed by atoms with van der Waals surface area (Å²) in [5.74, 6) is 0.198. The van der Waals surface area contributed by atoms with Crippen LogP contribution in [0.5, 0.6) is 0 Å². The van der Waals surface area contributed by atoms with Crippen LogP contribution in [0.25, 0.3) is 0 Å². The Labute approximate surface area is 130 Å². The second-order valence-electron chi connectivity index (χ2n) is 5.22. The summed E-state index contributed by atoms with van der Waals surface area (Å²) < 4.78 is 0. The summed E-state index contributed by atoms with van der Waals surface area (Å²) in [4.78, 5) is 16.9. The highest BCUT2D eigenvalue weighted by atomic mass is 32.2. The third-order valence-corrected chi connectivity index (χ3v) is 4.81. The fourth-order valence-corrected chi connectivity index (χ4v) is 3.67. The van der Waals surface area contributed by atoms with Crippen molar-refractivity contribution in [2.75, 3.05) is 4.90 Å². The molecule has 2 aromatic carbocycles. The highest BCUT2D eigenvalue weighted by molar-refractivity contribution is 7.99. The minimum Gasteiger partial charge on any atom is -0.279 e. The van der Waals surface area contributed by atoms with E-state index in [9.17, 15) is 4.79 Å². The Kier molecular flexibility index (Phi) is 4.30. The van der Waals surface area contributed by atoms with Gasteiger partial charge in [0.15, 0.2) is 0 Å². The molecular formula is C18H19NOS. The first-order valence-corrected chi connectivity index (χ1v) is 8.32. The van der Waals surface area contributed by atoms with Crippen molar-refractivity contribution in [3.05, 3.63) is 48.5 Å². The Bertz CT molecular complexity index is 608. The number of amides is 1. The van der Waals surface area contributed by atoms with Gasteiger partial charge in [-0.15, -0.1) is 0 Å².